The molecule has 0 aromatic heterocycles. The van der Waals surface area contributed by atoms with Crippen LogP contribution in [0.5, 0.6) is 0 Å². The van der Waals surface area contributed by atoms with Crippen LogP contribution in [0.3, 0.4) is 0 Å². The van der Waals surface area contributed by atoms with Crippen molar-refractivity contribution in [3.8, 4) is 0 Å². The normalized spacial score (nSPS) is 20.5. The second-order valence-corrected chi connectivity index (χ2v) is 10.6. The molecule has 182 valence electrons. The van der Waals surface area contributed by atoms with E-state index in [1.54, 1.807) is 18.2 Å². The van der Waals surface area contributed by atoms with E-state index in [1.165, 1.54) is 25.7 Å². The van der Waals surface area contributed by atoms with Crippen LogP contribution in [-0.2, 0) is 19.4 Å². The molecule has 2 aromatic rings. The number of allylic oxidation sites excluding steroid dienone is 1. The van der Waals surface area contributed by atoms with Gasteiger partial charge in [-0.1, -0.05) is 65.7 Å². The largest absolute Gasteiger partial charge is 0.355 e. The number of amidine groups is 1. The van der Waals surface area contributed by atoms with Crippen molar-refractivity contribution >= 4 is 34.2 Å². The van der Waals surface area contributed by atoms with Gasteiger partial charge in [-0.25, -0.2) is 4.99 Å². The van der Waals surface area contributed by atoms with Gasteiger partial charge in [0.15, 0.2) is 5.84 Å². The van der Waals surface area contributed by atoms with Crippen molar-refractivity contribution in [2.45, 2.75) is 46.1 Å². The number of halogens is 2. The first kappa shape index (κ1) is 24.1. The maximum Gasteiger partial charge on any atom is 0.152 e. The van der Waals surface area contributed by atoms with Crippen molar-refractivity contribution in [1.29, 1.82) is 0 Å². The molecule has 0 amide bonds. The summed E-state index contributed by atoms with van der Waals surface area (Å²) in [5.41, 5.74) is 7.46. The highest BCUT2D eigenvalue weighted by Crippen LogP contribution is 2.45. The lowest BCUT2D eigenvalue weighted by Gasteiger charge is -2.42. The maximum absolute atomic E-state index is 6.81. The Hall–Kier alpha value is -2.56. The molecule has 0 bridgehead atoms. The van der Waals surface area contributed by atoms with E-state index in [1.807, 2.05) is 19.3 Å². The van der Waals surface area contributed by atoms with E-state index in [0.29, 0.717) is 22.2 Å². The van der Waals surface area contributed by atoms with Crippen molar-refractivity contribution in [2.75, 3.05) is 20.1 Å². The number of nitrogens with zero attached hydrogens (tertiary/aromatic N) is 4. The molecule has 5 rings (SSSR count). The van der Waals surface area contributed by atoms with E-state index in [0.717, 1.165) is 41.3 Å². The van der Waals surface area contributed by atoms with Crippen LogP contribution in [0.4, 0.5) is 0 Å². The van der Waals surface area contributed by atoms with Gasteiger partial charge in [0.25, 0.3) is 0 Å². The summed E-state index contributed by atoms with van der Waals surface area (Å²) >= 11 is 13.2. The van der Waals surface area contributed by atoms with Crippen molar-refractivity contribution in [1.82, 2.24) is 9.80 Å². The zero-order valence-corrected chi connectivity index (χ0v) is 22.2. The van der Waals surface area contributed by atoms with Crippen molar-refractivity contribution < 1.29 is 0 Å². The van der Waals surface area contributed by atoms with E-state index < -0.39 is 0 Å². The fourth-order valence-electron chi connectivity index (χ4n) is 5.84. The Morgan fingerprint density at radius 3 is 2.43 bits per heavy atom. The Labute approximate surface area is 218 Å². The Bertz CT molecular complexity index is 1220. The molecular formula is C29H32Cl2N4. The summed E-state index contributed by atoms with van der Waals surface area (Å²) in [5, 5.41) is 1.10. The predicted octanol–water partition coefficient (Wildman–Crippen LogP) is 6.73. The zero-order chi connectivity index (χ0) is 24.6. The second kappa shape index (κ2) is 9.83. The molecule has 0 saturated carbocycles. The van der Waals surface area contributed by atoms with Gasteiger partial charge >= 0.3 is 0 Å². The van der Waals surface area contributed by atoms with Crippen LogP contribution in [0.25, 0.3) is 0 Å². The summed E-state index contributed by atoms with van der Waals surface area (Å²) in [6, 6.07) is 13.1. The maximum atomic E-state index is 6.81. The molecule has 0 unspecified atom stereocenters. The molecule has 35 heavy (non-hydrogen) atoms. The number of benzene rings is 2. The Balaban J connectivity index is 1.31. The van der Waals surface area contributed by atoms with Gasteiger partial charge in [0.05, 0.1) is 10.7 Å². The fourth-order valence-corrected chi connectivity index (χ4v) is 6.49. The number of aliphatic imine (C=N–C) groups is 2. The van der Waals surface area contributed by atoms with Gasteiger partial charge in [-0.05, 0) is 67.2 Å². The Morgan fingerprint density at radius 2 is 1.80 bits per heavy atom. The molecule has 3 aliphatic rings. The molecule has 0 N–H and O–H groups in total. The van der Waals surface area contributed by atoms with Crippen LogP contribution in [0.2, 0.25) is 5.02 Å². The Morgan fingerprint density at radius 1 is 1.11 bits per heavy atom. The molecule has 1 fully saturated rings. The number of piperidine rings is 1. The zero-order valence-electron chi connectivity index (χ0n) is 20.7. The quantitative estimate of drug-likeness (QED) is 0.431. The van der Waals surface area contributed by atoms with E-state index in [4.69, 9.17) is 28.2 Å². The van der Waals surface area contributed by atoms with Crippen LogP contribution < -0.4 is 0 Å². The van der Waals surface area contributed by atoms with Gasteiger partial charge in [0.1, 0.15) is 5.17 Å². The molecule has 2 aromatic carbocycles. The minimum absolute atomic E-state index is 0.410. The molecule has 2 heterocycles. The second-order valence-electron chi connectivity index (χ2n) is 9.91. The third-order valence-electron chi connectivity index (χ3n) is 7.80. The highest BCUT2D eigenvalue weighted by molar-refractivity contribution is 6.70. The highest BCUT2D eigenvalue weighted by atomic mass is 35.5. The molecule has 0 atom stereocenters. The third kappa shape index (κ3) is 4.54. The number of aryl methyl sites for hydroxylation is 1. The van der Waals surface area contributed by atoms with Crippen LogP contribution in [-0.4, -0.2) is 40.9 Å². The fraction of sp³-hybridized carbons (Fsp3) is 0.379. The average Bonchev–Trinajstić information content (AvgIpc) is 3.23. The summed E-state index contributed by atoms with van der Waals surface area (Å²) in [4.78, 5) is 13.7. The summed E-state index contributed by atoms with van der Waals surface area (Å²) in [6.45, 7) is 6.79. The van der Waals surface area contributed by atoms with Gasteiger partial charge in [-0.2, -0.15) is 0 Å². The first-order valence-corrected chi connectivity index (χ1v) is 13.1. The molecule has 2 aliphatic heterocycles. The molecule has 0 radical (unpaired) electrons. The topological polar surface area (TPSA) is 31.2 Å². The van der Waals surface area contributed by atoms with E-state index in [-0.39, 0.29) is 0 Å². The van der Waals surface area contributed by atoms with Gasteiger partial charge in [-0.15, -0.1) is 0 Å². The molecule has 6 heteroatoms. The smallest absolute Gasteiger partial charge is 0.152 e. The van der Waals surface area contributed by atoms with Crippen LogP contribution in [0, 0.1) is 12.3 Å². The van der Waals surface area contributed by atoms with Crippen LogP contribution >= 0.6 is 23.2 Å². The number of fused-ring (bicyclic) bond motifs is 1. The van der Waals surface area contributed by atoms with Crippen molar-refractivity contribution in [3.63, 3.8) is 0 Å². The van der Waals surface area contributed by atoms with E-state index >= 15 is 0 Å². The molecule has 1 spiro atoms. The average molecular weight is 508 g/mol. The molecule has 1 saturated heterocycles. The van der Waals surface area contributed by atoms with E-state index in [2.05, 4.69) is 64.2 Å². The Kier molecular flexibility index (Phi) is 6.78. The number of rotatable bonds is 3. The summed E-state index contributed by atoms with van der Waals surface area (Å²) < 4.78 is 0. The van der Waals surface area contributed by atoms with Crippen molar-refractivity contribution in [2.24, 2.45) is 15.4 Å². The van der Waals surface area contributed by atoms with Gasteiger partial charge in [0.2, 0.25) is 0 Å². The molecule has 4 nitrogen and oxygen atoms in total. The summed E-state index contributed by atoms with van der Waals surface area (Å²) in [6.07, 6.45) is 10.9. The minimum atomic E-state index is 0.410. The first-order valence-electron chi connectivity index (χ1n) is 12.3. The summed E-state index contributed by atoms with van der Waals surface area (Å²) in [7, 11) is 1.69. The van der Waals surface area contributed by atoms with Gasteiger partial charge in [-0.3, -0.25) is 4.99 Å². The van der Waals surface area contributed by atoms with E-state index in [9.17, 15) is 0 Å². The lowest BCUT2D eigenvalue weighted by molar-refractivity contribution is 0.157. The highest BCUT2D eigenvalue weighted by Gasteiger charge is 2.40. The third-order valence-corrected chi connectivity index (χ3v) is 8.59. The van der Waals surface area contributed by atoms with Crippen LogP contribution in [0.15, 0.2) is 70.6 Å². The standard InChI is InChI=1S/C29H32Cl2N4/c1-4-24-28(34-14-11-29(12-15-34)17-21-7-5-6-8-22(21)18-29)33-13-16-35(24)19-23-10-9-20(2)25(26(23)30)27(31)32-3/h4-10,13,16H,11-12,14-15,17-19H2,1-3H3/b24-4-,32-27?. The van der Waals surface area contributed by atoms with Gasteiger partial charge in [0, 0.05) is 44.6 Å². The number of hydrogen-bond acceptors (Lipinski definition) is 4. The monoisotopic (exact) mass is 506 g/mol. The minimum Gasteiger partial charge on any atom is -0.355 e. The number of likely N-dealkylation sites (tertiary alicyclic amines) is 1. The number of hydrogen-bond donors (Lipinski definition) is 0. The molecular weight excluding hydrogens is 475 g/mol. The first-order chi connectivity index (χ1) is 16.9. The summed E-state index contributed by atoms with van der Waals surface area (Å²) in [5.74, 6) is 1.05. The predicted molar refractivity (Wildman–Crippen MR) is 147 cm³/mol. The van der Waals surface area contributed by atoms with Gasteiger partial charge < -0.3 is 9.80 Å². The van der Waals surface area contributed by atoms with Crippen molar-refractivity contribution in [3.05, 3.63) is 93.4 Å². The lowest BCUT2D eigenvalue weighted by atomic mass is 9.76. The lowest BCUT2D eigenvalue weighted by Crippen LogP contribution is -2.46. The molecule has 1 aliphatic carbocycles. The van der Waals surface area contributed by atoms with Crippen LogP contribution in [0.1, 0.15) is 47.6 Å². The SMILES string of the molecule is C/C=C1/C(N2CCC3(CC2)Cc2ccccc2C3)=NC=CN1Cc1ccc(C)c(C(Cl)=NC)c1Cl.